The van der Waals surface area contributed by atoms with E-state index < -0.39 is 0 Å². The minimum absolute atomic E-state index is 0.0873. The van der Waals surface area contributed by atoms with Gasteiger partial charge in [0, 0.05) is 17.6 Å². The molecular weight excluding hydrogens is 270 g/mol. The average molecular weight is 294 g/mol. The van der Waals surface area contributed by atoms with Gasteiger partial charge in [-0.3, -0.25) is 0 Å². The van der Waals surface area contributed by atoms with Crippen LogP contribution < -0.4 is 5.32 Å². The van der Waals surface area contributed by atoms with Gasteiger partial charge in [0.25, 0.3) is 0 Å². The standard InChI is InChI=1S/C17H24ClNO/c18-16-7-3-2-6-15(16)13-9-14(10-13)19-11-12-5-1-4-8-17(12)20/h2-3,6-7,12-14,17,19-20H,1,4-5,8-11H2. The summed E-state index contributed by atoms with van der Waals surface area (Å²) in [4.78, 5) is 0. The van der Waals surface area contributed by atoms with E-state index in [1.54, 1.807) is 0 Å². The van der Waals surface area contributed by atoms with E-state index in [-0.39, 0.29) is 6.10 Å². The van der Waals surface area contributed by atoms with Crippen molar-refractivity contribution in [1.29, 1.82) is 0 Å². The van der Waals surface area contributed by atoms with Gasteiger partial charge >= 0.3 is 0 Å². The summed E-state index contributed by atoms with van der Waals surface area (Å²) in [6.07, 6.45) is 6.88. The SMILES string of the molecule is OC1CCCCC1CNC1CC(c2ccccc2Cl)C1. The first kappa shape index (κ1) is 14.4. The number of hydrogen-bond donors (Lipinski definition) is 2. The van der Waals surface area contributed by atoms with Crippen LogP contribution in [0.1, 0.15) is 50.0 Å². The van der Waals surface area contributed by atoms with E-state index in [0.29, 0.717) is 17.9 Å². The second-order valence-corrected chi connectivity index (χ2v) is 6.81. The van der Waals surface area contributed by atoms with Crippen LogP contribution in [0.5, 0.6) is 0 Å². The Bertz CT molecular complexity index is 444. The van der Waals surface area contributed by atoms with Gasteiger partial charge in [0.1, 0.15) is 0 Å². The molecule has 2 fully saturated rings. The van der Waals surface area contributed by atoms with Crippen molar-refractivity contribution in [2.24, 2.45) is 5.92 Å². The van der Waals surface area contributed by atoms with E-state index in [4.69, 9.17) is 11.6 Å². The third-order valence-electron chi connectivity index (χ3n) is 5.02. The van der Waals surface area contributed by atoms with Gasteiger partial charge in [0.15, 0.2) is 0 Å². The lowest BCUT2D eigenvalue weighted by atomic mass is 9.75. The normalized spacial score (nSPS) is 33.7. The third-order valence-corrected chi connectivity index (χ3v) is 5.36. The monoisotopic (exact) mass is 293 g/mol. The van der Waals surface area contributed by atoms with Crippen molar-refractivity contribution in [3.63, 3.8) is 0 Å². The number of hydrogen-bond acceptors (Lipinski definition) is 2. The van der Waals surface area contributed by atoms with E-state index in [2.05, 4.69) is 17.4 Å². The fourth-order valence-electron chi connectivity index (χ4n) is 3.59. The maximum Gasteiger partial charge on any atom is 0.0580 e. The Labute approximate surface area is 126 Å². The highest BCUT2D eigenvalue weighted by molar-refractivity contribution is 6.31. The first-order chi connectivity index (χ1) is 9.74. The number of nitrogens with one attached hydrogen (secondary N) is 1. The van der Waals surface area contributed by atoms with Crippen LogP contribution in [0.2, 0.25) is 5.02 Å². The Hall–Kier alpha value is -0.570. The predicted molar refractivity (Wildman–Crippen MR) is 83.2 cm³/mol. The van der Waals surface area contributed by atoms with E-state index in [1.165, 1.54) is 37.7 Å². The molecule has 20 heavy (non-hydrogen) atoms. The topological polar surface area (TPSA) is 32.3 Å². The maximum atomic E-state index is 9.98. The van der Waals surface area contributed by atoms with Crippen molar-refractivity contribution in [1.82, 2.24) is 5.32 Å². The van der Waals surface area contributed by atoms with Gasteiger partial charge in [-0.25, -0.2) is 0 Å². The molecule has 2 atom stereocenters. The molecule has 2 N–H and O–H groups in total. The Morgan fingerprint density at radius 2 is 1.90 bits per heavy atom. The molecule has 0 aliphatic heterocycles. The molecule has 2 saturated carbocycles. The summed E-state index contributed by atoms with van der Waals surface area (Å²) in [7, 11) is 0. The number of rotatable bonds is 4. The van der Waals surface area contributed by atoms with E-state index in [0.717, 1.165) is 18.0 Å². The predicted octanol–water partition coefficient (Wildman–Crippen LogP) is 3.73. The van der Waals surface area contributed by atoms with E-state index in [1.807, 2.05) is 12.1 Å². The lowest BCUT2D eigenvalue weighted by molar-refractivity contribution is 0.0655. The molecule has 1 aromatic rings. The summed E-state index contributed by atoms with van der Waals surface area (Å²) in [6, 6.07) is 8.79. The van der Waals surface area contributed by atoms with Gasteiger partial charge in [0.2, 0.25) is 0 Å². The average Bonchev–Trinajstić information content (AvgIpc) is 2.41. The van der Waals surface area contributed by atoms with Gasteiger partial charge in [-0.15, -0.1) is 0 Å². The molecule has 0 saturated heterocycles. The summed E-state index contributed by atoms with van der Waals surface area (Å²) < 4.78 is 0. The molecule has 3 heteroatoms. The van der Waals surface area contributed by atoms with Crippen LogP contribution >= 0.6 is 11.6 Å². The second-order valence-electron chi connectivity index (χ2n) is 6.41. The van der Waals surface area contributed by atoms with Gasteiger partial charge in [-0.1, -0.05) is 42.6 Å². The molecule has 3 rings (SSSR count). The molecule has 0 amide bonds. The molecule has 1 aromatic carbocycles. The molecule has 2 aliphatic carbocycles. The van der Waals surface area contributed by atoms with Crippen LogP contribution in [0, 0.1) is 5.92 Å². The van der Waals surface area contributed by atoms with Crippen molar-refractivity contribution >= 4 is 11.6 Å². The van der Waals surface area contributed by atoms with Crippen LogP contribution in [0.4, 0.5) is 0 Å². The molecule has 0 radical (unpaired) electrons. The van der Waals surface area contributed by atoms with Crippen molar-refractivity contribution in [2.75, 3.05) is 6.54 Å². The van der Waals surface area contributed by atoms with E-state index in [9.17, 15) is 5.11 Å². The Morgan fingerprint density at radius 1 is 1.15 bits per heavy atom. The first-order valence-corrected chi connectivity index (χ1v) is 8.27. The lowest BCUT2D eigenvalue weighted by Crippen LogP contribution is -2.44. The Balaban J connectivity index is 1.43. The largest absolute Gasteiger partial charge is 0.393 e. The third kappa shape index (κ3) is 3.19. The molecule has 0 bridgehead atoms. The second kappa shape index (κ2) is 6.46. The van der Waals surface area contributed by atoms with Crippen LogP contribution in [-0.2, 0) is 0 Å². The molecule has 2 aliphatic rings. The van der Waals surface area contributed by atoms with Gasteiger partial charge < -0.3 is 10.4 Å². The van der Waals surface area contributed by atoms with Crippen LogP contribution in [-0.4, -0.2) is 23.8 Å². The number of aliphatic hydroxyl groups is 1. The van der Waals surface area contributed by atoms with Gasteiger partial charge in [-0.2, -0.15) is 0 Å². The zero-order valence-electron chi connectivity index (χ0n) is 11.9. The van der Waals surface area contributed by atoms with Crippen molar-refractivity contribution < 1.29 is 5.11 Å². The molecule has 0 aromatic heterocycles. The van der Waals surface area contributed by atoms with Crippen LogP contribution in [0.15, 0.2) is 24.3 Å². The molecule has 2 nitrogen and oxygen atoms in total. The Kier molecular flexibility index (Phi) is 4.65. The van der Waals surface area contributed by atoms with Crippen molar-refractivity contribution in [3.8, 4) is 0 Å². The summed E-state index contributed by atoms with van der Waals surface area (Å²) in [6.45, 7) is 0.973. The summed E-state index contributed by atoms with van der Waals surface area (Å²) in [5.41, 5.74) is 1.30. The Morgan fingerprint density at radius 3 is 2.65 bits per heavy atom. The maximum absolute atomic E-state index is 9.98. The fraction of sp³-hybridized carbons (Fsp3) is 0.647. The zero-order chi connectivity index (χ0) is 13.9. The highest BCUT2D eigenvalue weighted by Crippen LogP contribution is 2.40. The minimum Gasteiger partial charge on any atom is -0.393 e. The summed E-state index contributed by atoms with van der Waals surface area (Å²) in [5.74, 6) is 1.07. The van der Waals surface area contributed by atoms with Crippen LogP contribution in [0.3, 0.4) is 0 Å². The van der Waals surface area contributed by atoms with Crippen molar-refractivity contribution in [2.45, 2.75) is 56.6 Å². The minimum atomic E-state index is -0.0873. The number of aliphatic hydroxyl groups excluding tert-OH is 1. The smallest absolute Gasteiger partial charge is 0.0580 e. The molecule has 2 unspecified atom stereocenters. The lowest BCUT2D eigenvalue weighted by Gasteiger charge is -2.38. The van der Waals surface area contributed by atoms with Crippen molar-refractivity contribution in [3.05, 3.63) is 34.9 Å². The zero-order valence-corrected chi connectivity index (χ0v) is 12.6. The van der Waals surface area contributed by atoms with E-state index >= 15 is 0 Å². The highest BCUT2D eigenvalue weighted by Gasteiger charge is 2.32. The quantitative estimate of drug-likeness (QED) is 0.886. The van der Waals surface area contributed by atoms with Gasteiger partial charge in [0.05, 0.1) is 6.10 Å². The fourth-order valence-corrected chi connectivity index (χ4v) is 3.88. The summed E-state index contributed by atoms with van der Waals surface area (Å²) >= 11 is 6.24. The highest BCUT2D eigenvalue weighted by atomic mass is 35.5. The number of benzene rings is 1. The summed E-state index contributed by atoms with van der Waals surface area (Å²) in [5, 5.41) is 14.5. The van der Waals surface area contributed by atoms with Crippen LogP contribution in [0.25, 0.3) is 0 Å². The molecule has 110 valence electrons. The number of halogens is 1. The van der Waals surface area contributed by atoms with Gasteiger partial charge in [-0.05, 0) is 49.1 Å². The molecular formula is C17H24ClNO. The molecule has 0 spiro atoms. The first-order valence-electron chi connectivity index (χ1n) is 7.90. The molecule has 0 heterocycles.